The van der Waals surface area contributed by atoms with Gasteiger partial charge in [-0.1, -0.05) is 12.1 Å². The van der Waals surface area contributed by atoms with E-state index < -0.39 is 15.6 Å². The molecule has 8 heteroatoms. The van der Waals surface area contributed by atoms with Gasteiger partial charge in [0.2, 0.25) is 10.0 Å². The van der Waals surface area contributed by atoms with Crippen LogP contribution < -0.4 is 15.4 Å². The Morgan fingerprint density at radius 1 is 1.23 bits per heavy atom. The first kappa shape index (κ1) is 18.4. The number of nitrogens with one attached hydrogen (secondary N) is 3. The molecule has 0 saturated heterocycles. The molecule has 0 fully saturated rings. The summed E-state index contributed by atoms with van der Waals surface area (Å²) in [4.78, 5) is 4.06. The van der Waals surface area contributed by atoms with Crippen LogP contribution in [0.4, 0.5) is 4.39 Å². The number of halogens is 1. The van der Waals surface area contributed by atoms with Gasteiger partial charge in [0.25, 0.3) is 0 Å². The van der Waals surface area contributed by atoms with Gasteiger partial charge in [0, 0.05) is 25.7 Å². The maximum Gasteiger partial charge on any atom is 0.209 e. The van der Waals surface area contributed by atoms with Crippen LogP contribution in [0.3, 0.4) is 0 Å². The summed E-state index contributed by atoms with van der Waals surface area (Å²) in [6, 6.07) is 6.16. The lowest BCUT2D eigenvalue weighted by atomic mass is 10.1. The second kappa shape index (κ2) is 7.55. The van der Waals surface area contributed by atoms with Crippen LogP contribution in [-0.2, 0) is 16.6 Å². The highest BCUT2D eigenvalue weighted by atomic mass is 32.2. The second-order valence-electron chi connectivity index (χ2n) is 5.66. The van der Waals surface area contributed by atoms with E-state index in [0.717, 1.165) is 11.8 Å². The van der Waals surface area contributed by atoms with Gasteiger partial charge in [-0.3, -0.25) is 4.99 Å². The lowest BCUT2D eigenvalue weighted by Gasteiger charge is -2.26. The van der Waals surface area contributed by atoms with E-state index in [9.17, 15) is 12.8 Å². The standard InChI is InChI=1S/C14H23FN4O2S/c1-14(2,19-22(4,20)21)10-18-13(16-3)17-9-11-5-7-12(15)8-6-11/h5-8,19H,9-10H2,1-4H3,(H2,16,17,18). The molecule has 0 unspecified atom stereocenters. The van der Waals surface area contributed by atoms with Crippen LogP contribution in [0.15, 0.2) is 29.3 Å². The van der Waals surface area contributed by atoms with E-state index in [0.29, 0.717) is 19.0 Å². The van der Waals surface area contributed by atoms with Crippen molar-refractivity contribution in [1.82, 2.24) is 15.4 Å². The predicted octanol–water partition coefficient (Wildman–Crippen LogP) is 0.818. The summed E-state index contributed by atoms with van der Waals surface area (Å²) < 4.78 is 37.9. The number of sulfonamides is 1. The van der Waals surface area contributed by atoms with Gasteiger partial charge in [-0.05, 0) is 31.5 Å². The van der Waals surface area contributed by atoms with Crippen molar-refractivity contribution in [2.45, 2.75) is 25.9 Å². The van der Waals surface area contributed by atoms with Gasteiger partial charge >= 0.3 is 0 Å². The quantitative estimate of drug-likeness (QED) is 0.533. The van der Waals surface area contributed by atoms with Crippen LogP contribution in [-0.4, -0.2) is 39.8 Å². The lowest BCUT2D eigenvalue weighted by Crippen LogP contribution is -2.52. The second-order valence-corrected chi connectivity index (χ2v) is 7.41. The van der Waals surface area contributed by atoms with Crippen molar-refractivity contribution in [3.05, 3.63) is 35.6 Å². The van der Waals surface area contributed by atoms with E-state index in [1.807, 2.05) is 0 Å². The van der Waals surface area contributed by atoms with Crippen molar-refractivity contribution < 1.29 is 12.8 Å². The fraction of sp³-hybridized carbons (Fsp3) is 0.500. The number of aliphatic imine (C=N–C) groups is 1. The summed E-state index contributed by atoms with van der Waals surface area (Å²) in [5.74, 6) is 0.257. The summed E-state index contributed by atoms with van der Waals surface area (Å²) >= 11 is 0. The molecule has 0 aliphatic heterocycles. The van der Waals surface area contributed by atoms with E-state index in [2.05, 4.69) is 20.3 Å². The van der Waals surface area contributed by atoms with Gasteiger partial charge < -0.3 is 10.6 Å². The van der Waals surface area contributed by atoms with Gasteiger partial charge in [-0.2, -0.15) is 0 Å². The van der Waals surface area contributed by atoms with Crippen LogP contribution >= 0.6 is 0 Å². The maximum absolute atomic E-state index is 12.8. The third-order valence-electron chi connectivity index (χ3n) is 2.76. The molecule has 0 saturated carbocycles. The molecule has 0 amide bonds. The monoisotopic (exact) mass is 330 g/mol. The van der Waals surface area contributed by atoms with E-state index in [4.69, 9.17) is 0 Å². The molecule has 124 valence electrons. The van der Waals surface area contributed by atoms with Crippen molar-refractivity contribution in [2.24, 2.45) is 4.99 Å². The molecule has 0 aromatic heterocycles. The molecule has 6 nitrogen and oxygen atoms in total. The summed E-state index contributed by atoms with van der Waals surface area (Å²) in [5.41, 5.74) is 0.263. The SMILES string of the molecule is CN=C(NCc1ccc(F)cc1)NCC(C)(C)NS(C)(=O)=O. The van der Waals surface area contributed by atoms with E-state index in [-0.39, 0.29) is 5.82 Å². The van der Waals surface area contributed by atoms with Crippen molar-refractivity contribution in [3.63, 3.8) is 0 Å². The molecule has 0 heterocycles. The first-order valence-corrected chi connectivity index (χ1v) is 8.68. The van der Waals surface area contributed by atoms with Crippen LogP contribution in [0.5, 0.6) is 0 Å². The summed E-state index contributed by atoms with van der Waals surface area (Å²) in [5, 5.41) is 6.13. The Hall–Kier alpha value is -1.67. The van der Waals surface area contributed by atoms with Crippen LogP contribution in [0.25, 0.3) is 0 Å². The third-order valence-corrected chi connectivity index (χ3v) is 3.68. The van der Waals surface area contributed by atoms with Gasteiger partial charge in [-0.15, -0.1) is 0 Å². The minimum Gasteiger partial charge on any atom is -0.355 e. The molecular weight excluding hydrogens is 307 g/mol. The fourth-order valence-corrected chi connectivity index (χ4v) is 2.93. The van der Waals surface area contributed by atoms with Crippen LogP contribution in [0.1, 0.15) is 19.4 Å². The van der Waals surface area contributed by atoms with Gasteiger partial charge in [-0.25, -0.2) is 17.5 Å². The van der Waals surface area contributed by atoms with Gasteiger partial charge in [0.05, 0.1) is 6.26 Å². The molecule has 0 atom stereocenters. The lowest BCUT2D eigenvalue weighted by molar-refractivity contribution is 0.446. The number of guanidine groups is 1. The van der Waals surface area contributed by atoms with Gasteiger partial charge in [0.1, 0.15) is 5.82 Å². The molecule has 0 aliphatic carbocycles. The van der Waals surface area contributed by atoms with Crippen molar-refractivity contribution in [1.29, 1.82) is 0 Å². The molecule has 1 rings (SSSR count). The Labute approximate surface area is 131 Å². The molecule has 0 radical (unpaired) electrons. The average molecular weight is 330 g/mol. The zero-order valence-corrected chi connectivity index (χ0v) is 14.1. The van der Waals surface area contributed by atoms with Crippen LogP contribution in [0.2, 0.25) is 0 Å². The van der Waals surface area contributed by atoms with E-state index in [1.165, 1.54) is 12.1 Å². The number of hydrogen-bond donors (Lipinski definition) is 3. The largest absolute Gasteiger partial charge is 0.355 e. The number of rotatable bonds is 6. The Morgan fingerprint density at radius 3 is 2.32 bits per heavy atom. The number of hydrogen-bond acceptors (Lipinski definition) is 3. The number of benzene rings is 1. The minimum absolute atomic E-state index is 0.278. The van der Waals surface area contributed by atoms with Crippen molar-refractivity contribution in [3.8, 4) is 0 Å². The highest BCUT2D eigenvalue weighted by Crippen LogP contribution is 2.03. The first-order chi connectivity index (χ1) is 10.1. The molecule has 0 bridgehead atoms. The molecule has 3 N–H and O–H groups in total. The normalized spacial score (nSPS) is 13.0. The summed E-state index contributed by atoms with van der Waals surface area (Å²) in [7, 11) is -1.66. The van der Waals surface area contributed by atoms with Crippen molar-refractivity contribution in [2.75, 3.05) is 19.8 Å². The Bertz CT molecular complexity index is 612. The Morgan fingerprint density at radius 2 is 1.82 bits per heavy atom. The fourth-order valence-electron chi connectivity index (χ4n) is 1.85. The van der Waals surface area contributed by atoms with E-state index in [1.54, 1.807) is 33.0 Å². The van der Waals surface area contributed by atoms with E-state index >= 15 is 0 Å². The topological polar surface area (TPSA) is 82.6 Å². The average Bonchev–Trinajstić information content (AvgIpc) is 2.38. The first-order valence-electron chi connectivity index (χ1n) is 6.79. The molecule has 1 aromatic carbocycles. The Kier molecular flexibility index (Phi) is 6.31. The van der Waals surface area contributed by atoms with Crippen molar-refractivity contribution >= 4 is 16.0 Å². The predicted molar refractivity (Wildman–Crippen MR) is 86.7 cm³/mol. The molecule has 22 heavy (non-hydrogen) atoms. The summed E-state index contributed by atoms with van der Waals surface area (Å²) in [6.07, 6.45) is 1.12. The smallest absolute Gasteiger partial charge is 0.209 e. The number of nitrogens with zero attached hydrogens (tertiary/aromatic N) is 1. The molecule has 0 spiro atoms. The van der Waals surface area contributed by atoms with Gasteiger partial charge in [0.15, 0.2) is 5.96 Å². The zero-order valence-electron chi connectivity index (χ0n) is 13.3. The maximum atomic E-state index is 12.8. The minimum atomic E-state index is -3.28. The molecule has 1 aromatic rings. The van der Waals surface area contributed by atoms with Crippen LogP contribution in [0, 0.1) is 5.82 Å². The highest BCUT2D eigenvalue weighted by molar-refractivity contribution is 7.88. The Balaban J connectivity index is 2.50. The molecular formula is C14H23FN4O2S. The summed E-state index contributed by atoms with van der Waals surface area (Å²) in [6.45, 7) is 4.39. The molecule has 0 aliphatic rings. The zero-order chi connectivity index (χ0) is 16.8. The highest BCUT2D eigenvalue weighted by Gasteiger charge is 2.22. The third kappa shape index (κ3) is 7.37.